The summed E-state index contributed by atoms with van der Waals surface area (Å²) < 4.78 is 1.85. The van der Waals surface area contributed by atoms with Gasteiger partial charge in [-0.2, -0.15) is 0 Å². The summed E-state index contributed by atoms with van der Waals surface area (Å²) in [5.41, 5.74) is 4.13. The van der Waals surface area contributed by atoms with Crippen molar-refractivity contribution < 1.29 is 0 Å². The molecule has 0 fully saturated rings. The lowest BCUT2D eigenvalue weighted by atomic mass is 10.0. The molecule has 5 heteroatoms. The monoisotopic (exact) mass is 258 g/mol. The highest BCUT2D eigenvalue weighted by Crippen LogP contribution is 2.26. The summed E-state index contributed by atoms with van der Waals surface area (Å²) in [6.45, 7) is 4.12. The van der Waals surface area contributed by atoms with Crippen LogP contribution in [0.15, 0.2) is 30.6 Å². The molecule has 2 heterocycles. The van der Waals surface area contributed by atoms with Crippen LogP contribution in [0.3, 0.4) is 0 Å². The van der Waals surface area contributed by atoms with Gasteiger partial charge < -0.3 is 0 Å². The Hall–Kier alpha value is -1.94. The highest BCUT2D eigenvalue weighted by Gasteiger charge is 2.13. The summed E-state index contributed by atoms with van der Waals surface area (Å²) >= 11 is 5.84. The molecule has 18 heavy (non-hydrogen) atoms. The van der Waals surface area contributed by atoms with Gasteiger partial charge >= 0.3 is 0 Å². The number of rotatable bonds is 1. The number of nitrogens with zero attached hydrogens (tertiary/aromatic N) is 4. The van der Waals surface area contributed by atoms with E-state index in [1.165, 1.54) is 11.1 Å². The van der Waals surface area contributed by atoms with Crippen LogP contribution >= 0.6 is 11.6 Å². The second-order valence-corrected chi connectivity index (χ2v) is 4.62. The summed E-state index contributed by atoms with van der Waals surface area (Å²) in [7, 11) is 0. The van der Waals surface area contributed by atoms with Gasteiger partial charge in [0.25, 0.3) is 0 Å². The predicted octanol–water partition coefficient (Wildman–Crippen LogP) is 3.06. The molecule has 1 aromatic carbocycles. The van der Waals surface area contributed by atoms with Gasteiger partial charge in [0.05, 0.1) is 0 Å². The third-order valence-corrected chi connectivity index (χ3v) is 3.18. The lowest BCUT2D eigenvalue weighted by molar-refractivity contribution is 1.07. The molecule has 0 aliphatic heterocycles. The molecule has 0 spiro atoms. The van der Waals surface area contributed by atoms with Gasteiger partial charge in [-0.05, 0) is 25.0 Å². The average Bonchev–Trinajstić information content (AvgIpc) is 2.72. The lowest BCUT2D eigenvalue weighted by Gasteiger charge is -2.07. The summed E-state index contributed by atoms with van der Waals surface area (Å²) in [6.07, 6.45) is 1.65. The topological polar surface area (TPSA) is 43.1 Å². The van der Waals surface area contributed by atoms with Gasteiger partial charge in [0.15, 0.2) is 11.5 Å². The minimum Gasteiger partial charge on any atom is -0.265 e. The molecule has 0 radical (unpaired) electrons. The number of hydrogen-bond acceptors (Lipinski definition) is 3. The Morgan fingerprint density at radius 3 is 2.56 bits per heavy atom. The maximum Gasteiger partial charge on any atom is 0.170 e. The lowest BCUT2D eigenvalue weighted by Crippen LogP contribution is -1.95. The van der Waals surface area contributed by atoms with Gasteiger partial charge in [-0.1, -0.05) is 29.8 Å². The molecule has 2 aromatic heterocycles. The largest absolute Gasteiger partial charge is 0.265 e. The van der Waals surface area contributed by atoms with Crippen LogP contribution < -0.4 is 0 Å². The van der Waals surface area contributed by atoms with Crippen LogP contribution in [-0.4, -0.2) is 19.6 Å². The minimum atomic E-state index is 0.419. The Balaban J connectivity index is 2.32. The predicted molar refractivity (Wildman–Crippen MR) is 70.7 cm³/mol. The Bertz CT molecular complexity index is 713. The maximum absolute atomic E-state index is 5.84. The molecule has 3 aromatic rings. The van der Waals surface area contributed by atoms with E-state index in [4.69, 9.17) is 11.6 Å². The fraction of sp³-hybridized carbons (Fsp3) is 0.154. The van der Waals surface area contributed by atoms with Crippen molar-refractivity contribution in [3.63, 3.8) is 0 Å². The number of aryl methyl sites for hydroxylation is 2. The van der Waals surface area contributed by atoms with Crippen molar-refractivity contribution in [1.29, 1.82) is 0 Å². The number of benzene rings is 1. The molecular weight excluding hydrogens is 248 g/mol. The van der Waals surface area contributed by atoms with Gasteiger partial charge in [-0.15, -0.1) is 10.2 Å². The van der Waals surface area contributed by atoms with Crippen LogP contribution in [0.5, 0.6) is 0 Å². The summed E-state index contributed by atoms with van der Waals surface area (Å²) in [6, 6.07) is 7.86. The molecule has 4 nitrogen and oxygen atoms in total. The Morgan fingerprint density at radius 2 is 1.83 bits per heavy atom. The van der Waals surface area contributed by atoms with Crippen molar-refractivity contribution in [3.05, 3.63) is 46.9 Å². The van der Waals surface area contributed by atoms with Crippen LogP contribution in [0.25, 0.3) is 17.0 Å². The van der Waals surface area contributed by atoms with E-state index in [0.717, 1.165) is 11.4 Å². The van der Waals surface area contributed by atoms with Gasteiger partial charge in [0, 0.05) is 11.6 Å². The molecular formula is C13H11ClN4. The molecule has 0 bridgehead atoms. The van der Waals surface area contributed by atoms with Crippen molar-refractivity contribution in [2.24, 2.45) is 0 Å². The van der Waals surface area contributed by atoms with Crippen LogP contribution in [-0.2, 0) is 0 Å². The van der Waals surface area contributed by atoms with E-state index in [0.29, 0.717) is 10.8 Å². The average molecular weight is 259 g/mol. The second kappa shape index (κ2) is 4.07. The summed E-state index contributed by atoms with van der Waals surface area (Å²) in [5.74, 6) is 0.796. The van der Waals surface area contributed by atoms with E-state index in [1.54, 1.807) is 12.4 Å². The third-order valence-electron chi connectivity index (χ3n) is 2.97. The quantitative estimate of drug-likeness (QED) is 0.630. The zero-order valence-corrected chi connectivity index (χ0v) is 10.8. The van der Waals surface area contributed by atoms with Gasteiger partial charge in [0.2, 0.25) is 0 Å². The van der Waals surface area contributed by atoms with Gasteiger partial charge in [0.1, 0.15) is 11.5 Å². The normalized spacial score (nSPS) is 11.1. The van der Waals surface area contributed by atoms with E-state index in [9.17, 15) is 0 Å². The van der Waals surface area contributed by atoms with Crippen molar-refractivity contribution in [2.75, 3.05) is 0 Å². The van der Waals surface area contributed by atoms with E-state index in [-0.39, 0.29) is 0 Å². The van der Waals surface area contributed by atoms with Crippen molar-refractivity contribution in [2.45, 2.75) is 13.8 Å². The molecule has 0 unspecified atom stereocenters. The van der Waals surface area contributed by atoms with Gasteiger partial charge in [-0.3, -0.25) is 4.40 Å². The summed E-state index contributed by atoms with van der Waals surface area (Å²) in [5, 5.41) is 8.79. The number of halogens is 1. The fourth-order valence-corrected chi connectivity index (χ4v) is 2.25. The SMILES string of the molecule is Cc1cccc(C)c1-c1nnc2cc(Cl)ncn12. The number of fused-ring (bicyclic) bond motifs is 1. The van der Waals surface area contributed by atoms with E-state index >= 15 is 0 Å². The summed E-state index contributed by atoms with van der Waals surface area (Å²) in [4.78, 5) is 4.07. The molecule has 0 amide bonds. The van der Waals surface area contributed by atoms with E-state index in [1.807, 2.05) is 10.5 Å². The Morgan fingerprint density at radius 1 is 1.11 bits per heavy atom. The smallest absolute Gasteiger partial charge is 0.170 e. The number of aromatic nitrogens is 4. The molecule has 0 atom stereocenters. The first kappa shape index (κ1) is 11.2. The Kier molecular flexibility index (Phi) is 2.52. The zero-order chi connectivity index (χ0) is 12.7. The van der Waals surface area contributed by atoms with Crippen molar-refractivity contribution in [3.8, 4) is 11.4 Å². The van der Waals surface area contributed by atoms with Crippen LogP contribution in [0, 0.1) is 13.8 Å². The third kappa shape index (κ3) is 1.66. The van der Waals surface area contributed by atoms with Gasteiger partial charge in [-0.25, -0.2) is 4.98 Å². The molecule has 0 saturated carbocycles. The molecule has 0 saturated heterocycles. The maximum atomic E-state index is 5.84. The minimum absolute atomic E-state index is 0.419. The highest BCUT2D eigenvalue weighted by molar-refractivity contribution is 6.29. The van der Waals surface area contributed by atoms with E-state index < -0.39 is 0 Å². The highest BCUT2D eigenvalue weighted by atomic mass is 35.5. The van der Waals surface area contributed by atoms with Crippen molar-refractivity contribution >= 4 is 17.2 Å². The standard InChI is InChI=1S/C13H11ClN4/c1-8-4-3-5-9(2)12(8)13-17-16-11-6-10(14)15-7-18(11)13/h3-7H,1-2H3. The molecule has 0 aliphatic rings. The molecule has 90 valence electrons. The van der Waals surface area contributed by atoms with Crippen LogP contribution in [0.1, 0.15) is 11.1 Å². The van der Waals surface area contributed by atoms with Crippen molar-refractivity contribution in [1.82, 2.24) is 19.6 Å². The van der Waals surface area contributed by atoms with Crippen LogP contribution in [0.4, 0.5) is 0 Å². The molecule has 0 N–H and O–H groups in total. The first-order valence-corrected chi connectivity index (χ1v) is 5.97. The first-order valence-electron chi connectivity index (χ1n) is 5.59. The van der Waals surface area contributed by atoms with Crippen LogP contribution in [0.2, 0.25) is 5.15 Å². The first-order chi connectivity index (χ1) is 8.66. The fourth-order valence-electron chi connectivity index (χ4n) is 2.11. The molecule has 3 rings (SSSR count). The Labute approximate surface area is 109 Å². The molecule has 0 aliphatic carbocycles. The van der Waals surface area contributed by atoms with E-state index in [2.05, 4.69) is 41.2 Å². The zero-order valence-electron chi connectivity index (χ0n) is 10.1. The number of hydrogen-bond donors (Lipinski definition) is 0. The second-order valence-electron chi connectivity index (χ2n) is 4.23.